The summed E-state index contributed by atoms with van der Waals surface area (Å²) in [5.74, 6) is 3.20. The molecule has 1 heteroatoms. The first kappa shape index (κ1) is 15.4. The normalized spacial score (nSPS) is 18.7. The van der Waals surface area contributed by atoms with Gasteiger partial charge in [0.1, 0.15) is 11.4 Å². The molecule has 0 bridgehead atoms. The van der Waals surface area contributed by atoms with E-state index in [0.29, 0.717) is 11.8 Å². The van der Waals surface area contributed by atoms with Crippen LogP contribution in [-0.4, -0.2) is 5.60 Å². The van der Waals surface area contributed by atoms with Crippen LogP contribution in [0.3, 0.4) is 0 Å². The van der Waals surface area contributed by atoms with Gasteiger partial charge in [-0.25, -0.2) is 0 Å². The van der Waals surface area contributed by atoms with Crippen LogP contribution in [0, 0.1) is 5.92 Å². The van der Waals surface area contributed by atoms with Crippen LogP contribution in [0.1, 0.15) is 83.8 Å². The molecule has 1 nitrogen and oxygen atoms in total. The maximum Gasteiger partial charge on any atom is 0.127 e. The van der Waals surface area contributed by atoms with Crippen molar-refractivity contribution in [3.8, 4) is 5.75 Å². The maximum atomic E-state index is 6.39. The van der Waals surface area contributed by atoms with Crippen molar-refractivity contribution in [3.63, 3.8) is 0 Å². The average Bonchev–Trinajstić information content (AvgIpc) is 3.19. The summed E-state index contributed by atoms with van der Waals surface area (Å²) < 4.78 is 6.39. The first-order valence-corrected chi connectivity index (χ1v) is 8.15. The van der Waals surface area contributed by atoms with Crippen LogP contribution in [0.2, 0.25) is 0 Å². The van der Waals surface area contributed by atoms with E-state index in [1.165, 1.54) is 24.0 Å². The van der Waals surface area contributed by atoms with E-state index in [1.54, 1.807) is 0 Å². The molecule has 1 aromatic carbocycles. The van der Waals surface area contributed by atoms with Gasteiger partial charge >= 0.3 is 0 Å². The first-order valence-electron chi connectivity index (χ1n) is 8.15. The lowest BCUT2D eigenvalue weighted by Gasteiger charge is -2.29. The van der Waals surface area contributed by atoms with Crippen molar-refractivity contribution in [3.05, 3.63) is 29.3 Å². The van der Waals surface area contributed by atoms with Gasteiger partial charge in [0.15, 0.2) is 0 Å². The molecule has 20 heavy (non-hydrogen) atoms. The highest BCUT2D eigenvalue weighted by Crippen LogP contribution is 2.47. The van der Waals surface area contributed by atoms with Gasteiger partial charge in [-0.15, -0.1) is 0 Å². The lowest BCUT2D eigenvalue weighted by atomic mass is 9.89. The predicted octanol–water partition coefficient (Wildman–Crippen LogP) is 5.89. The van der Waals surface area contributed by atoms with E-state index in [0.717, 1.165) is 18.1 Å². The van der Waals surface area contributed by atoms with E-state index in [-0.39, 0.29) is 5.60 Å². The van der Waals surface area contributed by atoms with Gasteiger partial charge in [-0.1, -0.05) is 39.0 Å². The second-order valence-electron chi connectivity index (χ2n) is 7.42. The third-order valence-corrected chi connectivity index (χ3v) is 4.45. The molecule has 1 aromatic rings. The van der Waals surface area contributed by atoms with Gasteiger partial charge in [0, 0.05) is 0 Å². The molecule has 0 spiro atoms. The van der Waals surface area contributed by atoms with Crippen LogP contribution in [0.4, 0.5) is 0 Å². The van der Waals surface area contributed by atoms with Crippen LogP contribution in [-0.2, 0) is 0 Å². The van der Waals surface area contributed by atoms with Crippen LogP contribution < -0.4 is 4.74 Å². The van der Waals surface area contributed by atoms with Gasteiger partial charge in [-0.2, -0.15) is 0 Å². The summed E-state index contributed by atoms with van der Waals surface area (Å²) in [6, 6.07) is 6.74. The highest BCUT2D eigenvalue weighted by atomic mass is 16.5. The quantitative estimate of drug-likeness (QED) is 0.650. The van der Waals surface area contributed by atoms with Crippen LogP contribution >= 0.6 is 0 Å². The predicted molar refractivity (Wildman–Crippen MR) is 86.7 cm³/mol. The Labute approximate surface area is 124 Å². The molecule has 0 aromatic heterocycles. The highest BCUT2D eigenvalue weighted by Gasteiger charge is 2.32. The lowest BCUT2D eigenvalue weighted by Crippen LogP contribution is -2.25. The molecule has 0 heterocycles. The largest absolute Gasteiger partial charge is 0.488 e. The van der Waals surface area contributed by atoms with Crippen LogP contribution in [0.5, 0.6) is 5.75 Å². The van der Waals surface area contributed by atoms with Crippen molar-refractivity contribution in [2.75, 3.05) is 0 Å². The molecule has 0 radical (unpaired) electrons. The minimum atomic E-state index is -0.137. The van der Waals surface area contributed by atoms with E-state index < -0.39 is 0 Å². The molecule has 1 aliphatic rings. The second kappa shape index (κ2) is 5.79. The second-order valence-corrected chi connectivity index (χ2v) is 7.42. The summed E-state index contributed by atoms with van der Waals surface area (Å²) >= 11 is 0. The number of hydrogen-bond acceptors (Lipinski definition) is 1. The van der Waals surface area contributed by atoms with Crippen LogP contribution in [0.25, 0.3) is 0 Å². The lowest BCUT2D eigenvalue weighted by molar-refractivity contribution is 0.126. The Hall–Kier alpha value is -0.980. The Morgan fingerprint density at radius 3 is 2.25 bits per heavy atom. The Morgan fingerprint density at radius 2 is 1.75 bits per heavy atom. The fourth-order valence-electron chi connectivity index (χ4n) is 2.81. The Balaban J connectivity index is 2.43. The number of benzene rings is 1. The minimum Gasteiger partial charge on any atom is -0.488 e. The molecule has 1 aliphatic carbocycles. The summed E-state index contributed by atoms with van der Waals surface area (Å²) in [6.07, 6.45) is 3.91. The molecule has 1 saturated carbocycles. The number of hydrogen-bond donors (Lipinski definition) is 0. The number of rotatable bonds is 5. The van der Waals surface area contributed by atoms with E-state index >= 15 is 0 Å². The molecule has 0 aliphatic heterocycles. The molecule has 2 atom stereocenters. The average molecular weight is 274 g/mol. The summed E-state index contributed by atoms with van der Waals surface area (Å²) in [5, 5.41) is 0. The van der Waals surface area contributed by atoms with E-state index in [9.17, 15) is 0 Å². The zero-order chi connectivity index (χ0) is 14.9. The van der Waals surface area contributed by atoms with Gasteiger partial charge < -0.3 is 4.74 Å². The van der Waals surface area contributed by atoms with E-state index in [2.05, 4.69) is 59.7 Å². The Bertz CT molecular complexity index is 451. The van der Waals surface area contributed by atoms with Crippen molar-refractivity contribution >= 4 is 0 Å². The monoisotopic (exact) mass is 274 g/mol. The molecule has 0 N–H and O–H groups in total. The summed E-state index contributed by atoms with van der Waals surface area (Å²) in [4.78, 5) is 0. The van der Waals surface area contributed by atoms with Crippen molar-refractivity contribution in [2.45, 2.75) is 78.2 Å². The summed E-state index contributed by atoms with van der Waals surface area (Å²) in [7, 11) is 0. The fraction of sp³-hybridized carbons (Fsp3) is 0.684. The van der Waals surface area contributed by atoms with Gasteiger partial charge in [-0.3, -0.25) is 0 Å². The first-order chi connectivity index (χ1) is 9.33. The maximum absolute atomic E-state index is 6.39. The van der Waals surface area contributed by atoms with Crippen molar-refractivity contribution < 1.29 is 4.74 Å². The molecule has 0 saturated heterocycles. The molecule has 0 unspecified atom stereocenters. The SMILES string of the molecule is CC[C@@H](C)c1cccc([C@H](C)C2CC2)c1OC(C)(C)C. The van der Waals surface area contributed by atoms with Crippen molar-refractivity contribution in [1.29, 1.82) is 0 Å². The molecular weight excluding hydrogens is 244 g/mol. The van der Waals surface area contributed by atoms with Gasteiger partial charge in [-0.05, 0) is 68.9 Å². The fourth-order valence-corrected chi connectivity index (χ4v) is 2.81. The Kier molecular flexibility index (Phi) is 4.46. The smallest absolute Gasteiger partial charge is 0.127 e. The number of ether oxygens (including phenoxy) is 1. The van der Waals surface area contributed by atoms with E-state index in [4.69, 9.17) is 4.74 Å². The minimum absolute atomic E-state index is 0.137. The third kappa shape index (κ3) is 3.56. The zero-order valence-electron chi connectivity index (χ0n) is 14.0. The Morgan fingerprint density at radius 1 is 1.15 bits per heavy atom. The zero-order valence-corrected chi connectivity index (χ0v) is 14.0. The van der Waals surface area contributed by atoms with Gasteiger partial charge in [0.2, 0.25) is 0 Å². The molecular formula is C19H30O. The van der Waals surface area contributed by atoms with Crippen molar-refractivity contribution in [1.82, 2.24) is 0 Å². The van der Waals surface area contributed by atoms with Crippen LogP contribution in [0.15, 0.2) is 18.2 Å². The highest BCUT2D eigenvalue weighted by molar-refractivity contribution is 5.46. The standard InChI is InChI=1S/C19H30O/c1-7-13(2)16-9-8-10-17(14(3)15-11-12-15)18(16)20-19(4,5)6/h8-10,13-15H,7,11-12H2,1-6H3/t13-,14-/m1/s1. The molecule has 0 amide bonds. The molecule has 112 valence electrons. The van der Waals surface area contributed by atoms with E-state index in [1.807, 2.05) is 0 Å². The third-order valence-electron chi connectivity index (χ3n) is 4.45. The van der Waals surface area contributed by atoms with Crippen molar-refractivity contribution in [2.24, 2.45) is 5.92 Å². The topological polar surface area (TPSA) is 9.23 Å². The number of para-hydroxylation sites is 1. The van der Waals surface area contributed by atoms with Gasteiger partial charge in [0.05, 0.1) is 0 Å². The summed E-state index contributed by atoms with van der Waals surface area (Å²) in [5.41, 5.74) is 2.66. The summed E-state index contributed by atoms with van der Waals surface area (Å²) in [6.45, 7) is 13.4. The molecule has 2 rings (SSSR count). The van der Waals surface area contributed by atoms with Gasteiger partial charge in [0.25, 0.3) is 0 Å². The molecule has 1 fully saturated rings.